The average molecular weight is 366 g/mol. The van der Waals surface area contributed by atoms with E-state index in [1.165, 1.54) is 0 Å². The predicted molar refractivity (Wildman–Crippen MR) is 104 cm³/mol. The van der Waals surface area contributed by atoms with Crippen LogP contribution < -0.4 is 5.32 Å². The van der Waals surface area contributed by atoms with E-state index < -0.39 is 17.1 Å². The fourth-order valence-electron chi connectivity index (χ4n) is 2.61. The molecule has 1 aliphatic heterocycles. The number of imide groups is 1. The van der Waals surface area contributed by atoms with Gasteiger partial charge >= 0.3 is 0 Å². The average Bonchev–Trinajstić information content (AvgIpc) is 2.82. The number of hydrogen-bond acceptors (Lipinski definition) is 4. The number of thioether (sulfide) groups is 1. The van der Waals surface area contributed by atoms with Gasteiger partial charge in [-0.3, -0.25) is 19.3 Å². The van der Waals surface area contributed by atoms with Crippen LogP contribution in [0.1, 0.15) is 16.7 Å². The molecule has 6 heteroatoms. The Labute approximate surface area is 156 Å². The van der Waals surface area contributed by atoms with Gasteiger partial charge in [0.05, 0.1) is 4.91 Å². The molecule has 1 aliphatic rings. The summed E-state index contributed by atoms with van der Waals surface area (Å²) in [5.41, 5.74) is 3.56. The Morgan fingerprint density at radius 2 is 1.77 bits per heavy atom. The number of benzene rings is 2. The lowest BCUT2D eigenvalue weighted by Crippen LogP contribution is -2.36. The molecule has 132 valence electrons. The number of carbonyl (C=O) groups excluding carboxylic acids is 3. The monoisotopic (exact) mass is 366 g/mol. The molecular formula is C20H18N2O3S. The first-order valence-corrected chi connectivity index (χ1v) is 8.92. The van der Waals surface area contributed by atoms with Crippen LogP contribution in [0.2, 0.25) is 0 Å². The van der Waals surface area contributed by atoms with Gasteiger partial charge in [0, 0.05) is 5.69 Å². The Bertz CT molecular complexity index is 921. The molecule has 3 rings (SSSR count). The number of nitrogens with zero attached hydrogens (tertiary/aromatic N) is 1. The highest BCUT2D eigenvalue weighted by molar-refractivity contribution is 8.18. The van der Waals surface area contributed by atoms with E-state index in [1.807, 2.05) is 56.3 Å². The first-order chi connectivity index (χ1) is 12.4. The maximum atomic E-state index is 12.5. The van der Waals surface area contributed by atoms with Crippen LogP contribution in [0.4, 0.5) is 10.5 Å². The van der Waals surface area contributed by atoms with Crippen molar-refractivity contribution in [3.8, 4) is 0 Å². The molecule has 2 aromatic rings. The zero-order valence-electron chi connectivity index (χ0n) is 14.5. The van der Waals surface area contributed by atoms with Gasteiger partial charge in [0.15, 0.2) is 0 Å². The summed E-state index contributed by atoms with van der Waals surface area (Å²) in [7, 11) is 0. The summed E-state index contributed by atoms with van der Waals surface area (Å²) in [6.45, 7) is 3.57. The Morgan fingerprint density at radius 1 is 1.08 bits per heavy atom. The van der Waals surface area contributed by atoms with Crippen molar-refractivity contribution in [1.82, 2.24) is 4.90 Å². The SMILES string of the molecule is Cc1cccc(/C=C2/SC(=O)N(CC(=O)Nc3cccc(C)c3)C2=O)c1. The zero-order valence-corrected chi connectivity index (χ0v) is 15.3. The summed E-state index contributed by atoms with van der Waals surface area (Å²) in [6, 6.07) is 15.0. The first-order valence-electron chi connectivity index (χ1n) is 8.11. The van der Waals surface area contributed by atoms with E-state index >= 15 is 0 Å². The highest BCUT2D eigenvalue weighted by Gasteiger charge is 2.36. The minimum atomic E-state index is -0.444. The van der Waals surface area contributed by atoms with Crippen molar-refractivity contribution in [2.75, 3.05) is 11.9 Å². The Morgan fingerprint density at radius 3 is 2.46 bits per heavy atom. The molecule has 5 nitrogen and oxygen atoms in total. The molecule has 0 atom stereocenters. The molecule has 1 saturated heterocycles. The summed E-state index contributed by atoms with van der Waals surface area (Å²) in [4.78, 5) is 38.1. The normalized spacial score (nSPS) is 15.6. The van der Waals surface area contributed by atoms with Crippen LogP contribution >= 0.6 is 11.8 Å². The number of nitrogens with one attached hydrogen (secondary N) is 1. The molecule has 3 amide bonds. The van der Waals surface area contributed by atoms with Crippen LogP contribution in [-0.4, -0.2) is 28.5 Å². The molecular weight excluding hydrogens is 348 g/mol. The standard InChI is InChI=1S/C20H18N2O3S/c1-13-5-3-7-15(9-13)11-17-19(24)22(20(25)26-17)12-18(23)21-16-8-4-6-14(2)10-16/h3-11H,12H2,1-2H3,(H,21,23)/b17-11+. The van der Waals surface area contributed by atoms with E-state index in [0.29, 0.717) is 10.6 Å². The van der Waals surface area contributed by atoms with Gasteiger partial charge in [-0.2, -0.15) is 0 Å². The third-order valence-corrected chi connectivity index (χ3v) is 4.72. The smallest absolute Gasteiger partial charge is 0.294 e. The highest BCUT2D eigenvalue weighted by atomic mass is 32.2. The molecule has 0 aromatic heterocycles. The second-order valence-corrected chi connectivity index (χ2v) is 7.09. The highest BCUT2D eigenvalue weighted by Crippen LogP contribution is 2.32. The van der Waals surface area contributed by atoms with E-state index in [2.05, 4.69) is 5.32 Å². The lowest BCUT2D eigenvalue weighted by atomic mass is 10.1. The minimum Gasteiger partial charge on any atom is -0.325 e. The number of carbonyl (C=O) groups is 3. The van der Waals surface area contributed by atoms with Crippen LogP contribution in [0, 0.1) is 13.8 Å². The largest absolute Gasteiger partial charge is 0.325 e. The van der Waals surface area contributed by atoms with Crippen molar-refractivity contribution in [1.29, 1.82) is 0 Å². The van der Waals surface area contributed by atoms with E-state index in [-0.39, 0.29) is 6.54 Å². The van der Waals surface area contributed by atoms with E-state index in [9.17, 15) is 14.4 Å². The van der Waals surface area contributed by atoms with Gasteiger partial charge in [-0.15, -0.1) is 0 Å². The van der Waals surface area contributed by atoms with Gasteiger partial charge < -0.3 is 5.32 Å². The quantitative estimate of drug-likeness (QED) is 0.831. The molecule has 1 N–H and O–H groups in total. The van der Waals surface area contributed by atoms with Crippen molar-refractivity contribution >= 4 is 40.6 Å². The molecule has 1 fully saturated rings. The van der Waals surface area contributed by atoms with Crippen molar-refractivity contribution in [3.05, 3.63) is 70.1 Å². The molecule has 1 heterocycles. The molecule has 0 bridgehead atoms. The fourth-order valence-corrected chi connectivity index (χ4v) is 3.45. The molecule has 0 unspecified atom stereocenters. The molecule has 0 spiro atoms. The number of aryl methyl sites for hydroxylation is 2. The minimum absolute atomic E-state index is 0.302. The summed E-state index contributed by atoms with van der Waals surface area (Å²) >= 11 is 0.852. The second kappa shape index (κ2) is 7.58. The summed E-state index contributed by atoms with van der Waals surface area (Å²) in [6.07, 6.45) is 1.68. The third kappa shape index (κ3) is 4.21. The third-order valence-electron chi connectivity index (χ3n) is 3.82. The van der Waals surface area contributed by atoms with Crippen LogP contribution in [0.3, 0.4) is 0 Å². The van der Waals surface area contributed by atoms with Crippen LogP contribution in [0.5, 0.6) is 0 Å². The summed E-state index contributed by atoms with van der Waals surface area (Å²) in [5, 5.41) is 2.27. The van der Waals surface area contributed by atoms with Gasteiger partial charge in [0.2, 0.25) is 5.91 Å². The Kier molecular flexibility index (Phi) is 5.23. The molecule has 2 aromatic carbocycles. The van der Waals surface area contributed by atoms with E-state index in [4.69, 9.17) is 0 Å². The van der Waals surface area contributed by atoms with Gasteiger partial charge in [-0.1, -0.05) is 42.0 Å². The summed E-state index contributed by atoms with van der Waals surface area (Å²) < 4.78 is 0. The Balaban J connectivity index is 1.70. The molecule has 0 aliphatic carbocycles. The van der Waals surface area contributed by atoms with Gasteiger partial charge in [-0.25, -0.2) is 0 Å². The van der Waals surface area contributed by atoms with E-state index in [1.54, 1.807) is 12.1 Å². The van der Waals surface area contributed by atoms with Crippen molar-refractivity contribution in [2.45, 2.75) is 13.8 Å². The van der Waals surface area contributed by atoms with Gasteiger partial charge in [-0.05, 0) is 54.9 Å². The van der Waals surface area contributed by atoms with E-state index in [0.717, 1.165) is 33.4 Å². The number of amides is 3. The fraction of sp³-hybridized carbons (Fsp3) is 0.150. The van der Waals surface area contributed by atoms with Crippen molar-refractivity contribution in [2.24, 2.45) is 0 Å². The Hall–Kier alpha value is -2.86. The number of anilines is 1. The second-order valence-electron chi connectivity index (χ2n) is 6.10. The maximum absolute atomic E-state index is 12.5. The van der Waals surface area contributed by atoms with Crippen molar-refractivity contribution in [3.63, 3.8) is 0 Å². The summed E-state index contributed by atoms with van der Waals surface area (Å²) in [5.74, 6) is -0.851. The number of hydrogen-bond donors (Lipinski definition) is 1. The van der Waals surface area contributed by atoms with Crippen molar-refractivity contribution < 1.29 is 14.4 Å². The van der Waals surface area contributed by atoms with Crippen LogP contribution in [-0.2, 0) is 9.59 Å². The zero-order chi connectivity index (χ0) is 18.7. The number of rotatable bonds is 4. The van der Waals surface area contributed by atoms with Gasteiger partial charge in [0.1, 0.15) is 6.54 Å². The predicted octanol–water partition coefficient (Wildman–Crippen LogP) is 3.98. The molecule has 0 saturated carbocycles. The maximum Gasteiger partial charge on any atom is 0.294 e. The first kappa shape index (κ1) is 17.9. The topological polar surface area (TPSA) is 66.5 Å². The van der Waals surface area contributed by atoms with Gasteiger partial charge in [0.25, 0.3) is 11.1 Å². The molecule has 26 heavy (non-hydrogen) atoms. The van der Waals surface area contributed by atoms with Crippen LogP contribution in [0.25, 0.3) is 6.08 Å². The lowest BCUT2D eigenvalue weighted by Gasteiger charge is -2.12. The molecule has 0 radical (unpaired) electrons. The van der Waals surface area contributed by atoms with Crippen LogP contribution in [0.15, 0.2) is 53.4 Å². The lowest BCUT2D eigenvalue weighted by molar-refractivity contribution is -0.127.